The van der Waals surface area contributed by atoms with E-state index in [4.69, 9.17) is 34.8 Å². The van der Waals surface area contributed by atoms with E-state index in [1.807, 2.05) is 12.1 Å². The average Bonchev–Trinajstić information content (AvgIpc) is 3.10. The molecule has 0 aliphatic rings. The van der Waals surface area contributed by atoms with Crippen molar-refractivity contribution in [2.24, 2.45) is 0 Å². The van der Waals surface area contributed by atoms with Gasteiger partial charge in [0.05, 0.1) is 15.4 Å². The summed E-state index contributed by atoms with van der Waals surface area (Å²) in [4.78, 5) is 9.88. The van der Waals surface area contributed by atoms with Crippen molar-refractivity contribution in [3.05, 3.63) is 73.2 Å². The highest BCUT2D eigenvalue weighted by atomic mass is 79.9. The molecular weight excluding hydrogens is 507 g/mol. The first-order chi connectivity index (χ1) is 13.0. The molecule has 8 heteroatoms. The van der Waals surface area contributed by atoms with Crippen LogP contribution in [0.3, 0.4) is 0 Å². The van der Waals surface area contributed by atoms with Gasteiger partial charge in [-0.25, -0.2) is 9.97 Å². The van der Waals surface area contributed by atoms with E-state index in [-0.39, 0.29) is 0 Å². The molecule has 0 saturated carbocycles. The van der Waals surface area contributed by atoms with Crippen molar-refractivity contribution >= 4 is 84.0 Å². The van der Waals surface area contributed by atoms with Crippen LogP contribution in [0.4, 0.5) is 0 Å². The predicted octanol–water partition coefficient (Wildman–Crippen LogP) is 8.37. The number of fused-ring (bicyclic) bond motifs is 1. The maximum Gasteiger partial charge on any atom is 0.128 e. The van der Waals surface area contributed by atoms with E-state index >= 15 is 0 Å². The minimum Gasteiger partial charge on any atom is -0.229 e. The molecule has 0 aliphatic carbocycles. The van der Waals surface area contributed by atoms with Crippen LogP contribution in [0.25, 0.3) is 21.3 Å². The summed E-state index contributed by atoms with van der Waals surface area (Å²) in [5.41, 5.74) is 3.05. The first kappa shape index (κ1) is 19.5. The molecule has 0 fully saturated rings. The lowest BCUT2D eigenvalue weighted by Crippen LogP contribution is -1.90. The summed E-state index contributed by atoms with van der Waals surface area (Å²) >= 11 is 25.5. The Bertz CT molecular complexity index is 1130. The highest BCUT2D eigenvalue weighted by Gasteiger charge is 2.16. The maximum absolute atomic E-state index is 6.34. The van der Waals surface area contributed by atoms with Crippen molar-refractivity contribution in [3.8, 4) is 11.1 Å². The summed E-state index contributed by atoms with van der Waals surface area (Å²) < 4.78 is 1.04. The van der Waals surface area contributed by atoms with Gasteiger partial charge >= 0.3 is 0 Å². The molecule has 0 N–H and O–H groups in total. The van der Waals surface area contributed by atoms with Crippen LogP contribution in [0.15, 0.2) is 57.6 Å². The van der Waals surface area contributed by atoms with Gasteiger partial charge in [0, 0.05) is 31.8 Å². The SMILES string of the molecule is Clc1ccc(Cl)c(CSc2ncnc3scc(-c4ccc(Br)cc4)c23)c1Cl. The van der Waals surface area contributed by atoms with Gasteiger partial charge in [0.1, 0.15) is 16.2 Å². The fraction of sp³-hybridized carbons (Fsp3) is 0.0526. The van der Waals surface area contributed by atoms with Gasteiger partial charge in [0.25, 0.3) is 0 Å². The molecule has 2 aromatic carbocycles. The van der Waals surface area contributed by atoms with Gasteiger partial charge in [-0.1, -0.05) is 62.9 Å². The van der Waals surface area contributed by atoms with Crippen LogP contribution in [0.5, 0.6) is 0 Å². The minimum absolute atomic E-state index is 0.486. The quantitative estimate of drug-likeness (QED) is 0.155. The third-order valence-corrected chi connectivity index (χ3v) is 7.61. The van der Waals surface area contributed by atoms with Gasteiger partial charge in [0.2, 0.25) is 0 Å². The molecule has 2 nitrogen and oxygen atoms in total. The number of thioether (sulfide) groups is 1. The number of rotatable bonds is 4. The van der Waals surface area contributed by atoms with E-state index in [1.165, 1.54) is 0 Å². The van der Waals surface area contributed by atoms with E-state index in [2.05, 4.69) is 43.4 Å². The lowest BCUT2D eigenvalue weighted by Gasteiger charge is -2.09. The van der Waals surface area contributed by atoms with Gasteiger partial charge in [0.15, 0.2) is 0 Å². The van der Waals surface area contributed by atoms with E-state index < -0.39 is 0 Å². The summed E-state index contributed by atoms with van der Waals surface area (Å²) in [6, 6.07) is 11.7. The molecule has 0 aliphatic heterocycles. The zero-order valence-corrected chi connectivity index (χ0v) is 19.0. The normalized spacial score (nSPS) is 11.3. The summed E-state index contributed by atoms with van der Waals surface area (Å²) in [7, 11) is 0. The zero-order valence-electron chi connectivity index (χ0n) is 13.5. The zero-order chi connectivity index (χ0) is 19.0. The molecule has 2 aromatic heterocycles. The van der Waals surface area contributed by atoms with Gasteiger partial charge in [-0.15, -0.1) is 23.1 Å². The average molecular weight is 517 g/mol. The highest BCUT2D eigenvalue weighted by molar-refractivity contribution is 9.10. The van der Waals surface area contributed by atoms with E-state index in [0.717, 1.165) is 36.4 Å². The lowest BCUT2D eigenvalue weighted by molar-refractivity contribution is 1.11. The molecule has 2 heterocycles. The number of aromatic nitrogens is 2. The second-order valence-electron chi connectivity index (χ2n) is 5.63. The van der Waals surface area contributed by atoms with Crippen LogP contribution >= 0.6 is 73.8 Å². The van der Waals surface area contributed by atoms with Gasteiger partial charge < -0.3 is 0 Å². The minimum atomic E-state index is 0.486. The molecule has 0 spiro atoms. The van der Waals surface area contributed by atoms with Gasteiger partial charge in [-0.2, -0.15) is 0 Å². The lowest BCUT2D eigenvalue weighted by atomic mass is 10.1. The highest BCUT2D eigenvalue weighted by Crippen LogP contribution is 2.41. The number of hydrogen-bond donors (Lipinski definition) is 0. The number of hydrogen-bond acceptors (Lipinski definition) is 4. The molecule has 0 amide bonds. The molecular formula is C19H10BrCl3N2S2. The molecule has 0 atom stereocenters. The fourth-order valence-corrected chi connectivity index (χ4v) is 5.78. The maximum atomic E-state index is 6.34. The molecule has 0 saturated heterocycles. The Kier molecular flexibility index (Phi) is 5.97. The smallest absolute Gasteiger partial charge is 0.128 e. The molecule has 136 valence electrons. The molecule has 4 aromatic rings. The van der Waals surface area contributed by atoms with Crippen LogP contribution in [-0.4, -0.2) is 9.97 Å². The number of benzene rings is 2. The predicted molar refractivity (Wildman–Crippen MR) is 122 cm³/mol. The van der Waals surface area contributed by atoms with Gasteiger partial charge in [-0.3, -0.25) is 0 Å². The van der Waals surface area contributed by atoms with Crippen LogP contribution in [0.2, 0.25) is 15.1 Å². The summed E-state index contributed by atoms with van der Waals surface area (Å²) in [6.45, 7) is 0. The standard InChI is InChI=1S/C19H10BrCl3N2S2/c20-11-3-1-10(2-4-11)12-7-26-18-16(12)19(25-9-24-18)27-8-13-14(21)5-6-15(22)17(13)23/h1-7,9H,8H2. The number of halogens is 4. The summed E-state index contributed by atoms with van der Waals surface area (Å²) in [5.74, 6) is 0.569. The summed E-state index contributed by atoms with van der Waals surface area (Å²) in [5, 5.41) is 5.64. The van der Waals surface area contributed by atoms with Crippen molar-refractivity contribution in [3.63, 3.8) is 0 Å². The van der Waals surface area contributed by atoms with Crippen LogP contribution in [0, 0.1) is 0 Å². The molecule has 4 rings (SSSR count). The second-order valence-corrected chi connectivity index (χ2v) is 9.56. The third kappa shape index (κ3) is 4.00. The monoisotopic (exact) mass is 514 g/mol. The van der Waals surface area contributed by atoms with Crippen molar-refractivity contribution in [2.75, 3.05) is 0 Å². The Hall–Kier alpha value is -0.820. The van der Waals surface area contributed by atoms with Crippen molar-refractivity contribution in [1.82, 2.24) is 9.97 Å². The van der Waals surface area contributed by atoms with E-state index in [9.17, 15) is 0 Å². The summed E-state index contributed by atoms with van der Waals surface area (Å²) in [6.07, 6.45) is 1.59. The Morgan fingerprint density at radius 2 is 1.70 bits per heavy atom. The van der Waals surface area contributed by atoms with Crippen LogP contribution in [-0.2, 0) is 5.75 Å². The van der Waals surface area contributed by atoms with Gasteiger partial charge in [-0.05, 0) is 29.8 Å². The van der Waals surface area contributed by atoms with E-state index in [0.29, 0.717) is 20.8 Å². The first-order valence-electron chi connectivity index (χ1n) is 7.78. The Labute approximate surface area is 188 Å². The largest absolute Gasteiger partial charge is 0.229 e. The third-order valence-electron chi connectivity index (χ3n) is 3.98. The topological polar surface area (TPSA) is 25.8 Å². The fourth-order valence-electron chi connectivity index (χ4n) is 2.64. The first-order valence-corrected chi connectivity index (χ1v) is 11.6. The second kappa shape index (κ2) is 8.27. The van der Waals surface area contributed by atoms with Crippen LogP contribution in [0.1, 0.15) is 5.56 Å². The molecule has 0 unspecified atom stereocenters. The van der Waals surface area contributed by atoms with E-state index in [1.54, 1.807) is 41.6 Å². The molecule has 0 bridgehead atoms. The molecule has 27 heavy (non-hydrogen) atoms. The number of thiophene rings is 1. The van der Waals surface area contributed by atoms with Crippen molar-refractivity contribution in [1.29, 1.82) is 0 Å². The molecule has 0 radical (unpaired) electrons. The Balaban J connectivity index is 1.74. The van der Waals surface area contributed by atoms with Crippen molar-refractivity contribution < 1.29 is 0 Å². The Morgan fingerprint density at radius 3 is 2.48 bits per heavy atom. The number of nitrogens with zero attached hydrogens (tertiary/aromatic N) is 2. The van der Waals surface area contributed by atoms with Crippen molar-refractivity contribution in [2.45, 2.75) is 10.8 Å². The van der Waals surface area contributed by atoms with Crippen LogP contribution < -0.4 is 0 Å². The Morgan fingerprint density at radius 1 is 0.963 bits per heavy atom.